The van der Waals surface area contributed by atoms with Crippen LogP contribution in [0, 0.1) is 5.82 Å². The van der Waals surface area contributed by atoms with Gasteiger partial charge in [-0.05, 0) is 57.7 Å². The molecule has 1 saturated heterocycles. The SMILES string of the molecule is CC(C)(C)OC(=O)N(c1cc(F)cc2c1C=CC2)C1CCOCC1. The van der Waals surface area contributed by atoms with Crippen molar-refractivity contribution in [2.45, 2.75) is 51.7 Å². The average Bonchev–Trinajstić information content (AvgIpc) is 2.94. The third kappa shape index (κ3) is 3.61. The minimum absolute atomic E-state index is 0.0477. The summed E-state index contributed by atoms with van der Waals surface area (Å²) >= 11 is 0. The Kier molecular flexibility index (Phi) is 4.63. The number of carbonyl (C=O) groups is 1. The fourth-order valence-electron chi connectivity index (χ4n) is 3.22. The van der Waals surface area contributed by atoms with Crippen molar-refractivity contribution in [1.29, 1.82) is 0 Å². The van der Waals surface area contributed by atoms with E-state index in [4.69, 9.17) is 9.47 Å². The lowest BCUT2D eigenvalue weighted by Gasteiger charge is -2.36. The van der Waals surface area contributed by atoms with Crippen LogP contribution in [-0.4, -0.2) is 30.9 Å². The smallest absolute Gasteiger partial charge is 0.415 e. The highest BCUT2D eigenvalue weighted by Crippen LogP contribution is 2.35. The Hall–Kier alpha value is -1.88. The molecular formula is C19H24FNO3. The Morgan fingerprint density at radius 3 is 2.67 bits per heavy atom. The molecule has 130 valence electrons. The first kappa shape index (κ1) is 17.0. The number of benzene rings is 1. The second-order valence-electron chi connectivity index (χ2n) is 7.30. The predicted molar refractivity (Wildman–Crippen MR) is 91.7 cm³/mol. The average molecular weight is 333 g/mol. The predicted octanol–water partition coefficient (Wildman–Crippen LogP) is 4.32. The quantitative estimate of drug-likeness (QED) is 0.809. The topological polar surface area (TPSA) is 38.8 Å². The Bertz CT molecular complexity index is 657. The summed E-state index contributed by atoms with van der Waals surface area (Å²) in [5.74, 6) is -0.326. The number of ether oxygens (including phenoxy) is 2. The molecule has 0 unspecified atom stereocenters. The van der Waals surface area contributed by atoms with Gasteiger partial charge in [0.25, 0.3) is 0 Å². The van der Waals surface area contributed by atoms with Gasteiger partial charge < -0.3 is 9.47 Å². The number of anilines is 1. The minimum Gasteiger partial charge on any atom is -0.443 e. The maximum Gasteiger partial charge on any atom is 0.415 e. The highest BCUT2D eigenvalue weighted by molar-refractivity contribution is 5.92. The van der Waals surface area contributed by atoms with Gasteiger partial charge in [-0.1, -0.05) is 12.2 Å². The Morgan fingerprint density at radius 2 is 2.00 bits per heavy atom. The second kappa shape index (κ2) is 6.55. The van der Waals surface area contributed by atoms with E-state index in [2.05, 4.69) is 0 Å². The molecule has 24 heavy (non-hydrogen) atoms. The molecule has 1 fully saturated rings. The Balaban J connectivity index is 2.01. The summed E-state index contributed by atoms with van der Waals surface area (Å²) in [7, 11) is 0. The number of rotatable bonds is 2. The van der Waals surface area contributed by atoms with Crippen LogP contribution in [0.1, 0.15) is 44.7 Å². The molecule has 0 spiro atoms. The first-order valence-corrected chi connectivity index (χ1v) is 8.44. The zero-order valence-electron chi connectivity index (χ0n) is 14.5. The number of allylic oxidation sites excluding steroid dienone is 1. The monoisotopic (exact) mass is 333 g/mol. The van der Waals surface area contributed by atoms with E-state index in [9.17, 15) is 9.18 Å². The van der Waals surface area contributed by atoms with Gasteiger partial charge in [0.1, 0.15) is 11.4 Å². The largest absolute Gasteiger partial charge is 0.443 e. The van der Waals surface area contributed by atoms with Crippen LogP contribution in [0.2, 0.25) is 0 Å². The van der Waals surface area contributed by atoms with Crippen molar-refractivity contribution in [3.8, 4) is 0 Å². The lowest BCUT2D eigenvalue weighted by molar-refractivity contribution is 0.0487. The van der Waals surface area contributed by atoms with Gasteiger partial charge in [0.05, 0.1) is 5.69 Å². The van der Waals surface area contributed by atoms with Crippen LogP contribution in [0.5, 0.6) is 0 Å². The van der Waals surface area contributed by atoms with E-state index in [0.29, 0.717) is 38.2 Å². The molecule has 1 aromatic rings. The van der Waals surface area contributed by atoms with E-state index in [1.54, 1.807) is 4.90 Å². The molecular weight excluding hydrogens is 309 g/mol. The molecule has 1 aromatic carbocycles. The van der Waals surface area contributed by atoms with E-state index in [0.717, 1.165) is 11.1 Å². The van der Waals surface area contributed by atoms with Crippen molar-refractivity contribution in [3.63, 3.8) is 0 Å². The molecule has 0 radical (unpaired) electrons. The molecule has 1 aliphatic carbocycles. The van der Waals surface area contributed by atoms with Crippen LogP contribution in [0.4, 0.5) is 14.9 Å². The van der Waals surface area contributed by atoms with Gasteiger partial charge >= 0.3 is 6.09 Å². The molecule has 0 aromatic heterocycles. The molecule has 1 heterocycles. The fraction of sp³-hybridized carbons (Fsp3) is 0.526. The van der Waals surface area contributed by atoms with Crippen LogP contribution in [0.3, 0.4) is 0 Å². The van der Waals surface area contributed by atoms with Gasteiger partial charge in [-0.3, -0.25) is 4.90 Å². The van der Waals surface area contributed by atoms with Crippen LogP contribution in [0.25, 0.3) is 6.08 Å². The molecule has 0 bridgehead atoms. The lowest BCUT2D eigenvalue weighted by Crippen LogP contribution is -2.46. The summed E-state index contributed by atoms with van der Waals surface area (Å²) in [4.78, 5) is 14.5. The zero-order valence-corrected chi connectivity index (χ0v) is 14.5. The van der Waals surface area contributed by atoms with Gasteiger partial charge in [-0.2, -0.15) is 0 Å². The van der Waals surface area contributed by atoms with Gasteiger partial charge in [-0.15, -0.1) is 0 Å². The molecule has 0 N–H and O–H groups in total. The normalized spacial score (nSPS) is 17.7. The summed E-state index contributed by atoms with van der Waals surface area (Å²) in [6.07, 6.45) is 5.65. The van der Waals surface area contributed by atoms with Crippen LogP contribution in [0.15, 0.2) is 18.2 Å². The van der Waals surface area contributed by atoms with E-state index in [1.165, 1.54) is 12.1 Å². The van der Waals surface area contributed by atoms with Gasteiger partial charge in [-0.25, -0.2) is 9.18 Å². The van der Waals surface area contributed by atoms with Crippen molar-refractivity contribution < 1.29 is 18.7 Å². The summed E-state index contributed by atoms with van der Waals surface area (Å²) in [5.41, 5.74) is 1.81. The van der Waals surface area contributed by atoms with E-state index >= 15 is 0 Å². The number of hydrogen-bond donors (Lipinski definition) is 0. The molecule has 4 nitrogen and oxygen atoms in total. The number of carbonyl (C=O) groups excluding carboxylic acids is 1. The second-order valence-corrected chi connectivity index (χ2v) is 7.30. The molecule has 1 amide bonds. The minimum atomic E-state index is -0.604. The van der Waals surface area contributed by atoms with Crippen molar-refractivity contribution >= 4 is 17.9 Å². The maximum atomic E-state index is 14.1. The third-order valence-electron chi connectivity index (χ3n) is 4.24. The van der Waals surface area contributed by atoms with Crippen LogP contribution < -0.4 is 4.90 Å². The lowest BCUT2D eigenvalue weighted by atomic mass is 10.0. The Labute approximate surface area is 142 Å². The Morgan fingerprint density at radius 1 is 1.29 bits per heavy atom. The number of amides is 1. The van der Waals surface area contributed by atoms with Crippen LogP contribution in [-0.2, 0) is 15.9 Å². The summed E-state index contributed by atoms with van der Waals surface area (Å²) in [6, 6.07) is 2.93. The van der Waals surface area contributed by atoms with Crippen molar-refractivity contribution in [3.05, 3.63) is 35.2 Å². The number of fused-ring (bicyclic) bond motifs is 1. The number of nitrogens with zero attached hydrogens (tertiary/aromatic N) is 1. The highest BCUT2D eigenvalue weighted by atomic mass is 19.1. The van der Waals surface area contributed by atoms with Gasteiger partial charge in [0, 0.05) is 24.8 Å². The van der Waals surface area contributed by atoms with E-state index in [-0.39, 0.29) is 11.9 Å². The van der Waals surface area contributed by atoms with Crippen molar-refractivity contribution in [2.24, 2.45) is 0 Å². The molecule has 0 saturated carbocycles. The van der Waals surface area contributed by atoms with Gasteiger partial charge in [0.15, 0.2) is 0 Å². The molecule has 5 heteroatoms. The van der Waals surface area contributed by atoms with Crippen LogP contribution >= 0.6 is 0 Å². The summed E-state index contributed by atoms with van der Waals surface area (Å²) in [6.45, 7) is 6.70. The number of hydrogen-bond acceptors (Lipinski definition) is 3. The molecule has 0 atom stereocenters. The van der Waals surface area contributed by atoms with Crippen molar-refractivity contribution in [1.82, 2.24) is 0 Å². The highest BCUT2D eigenvalue weighted by Gasteiger charge is 2.33. The zero-order chi connectivity index (χ0) is 17.3. The number of halogens is 1. The summed E-state index contributed by atoms with van der Waals surface area (Å²) < 4.78 is 25.1. The summed E-state index contributed by atoms with van der Waals surface area (Å²) in [5, 5.41) is 0. The van der Waals surface area contributed by atoms with Gasteiger partial charge in [0.2, 0.25) is 0 Å². The standard InChI is InChI=1S/C19H24FNO3/c1-19(2,3)24-18(22)21(15-7-9-23-10-8-15)17-12-14(20)11-13-5-4-6-16(13)17/h4,6,11-12,15H,5,7-10H2,1-3H3. The first-order chi connectivity index (χ1) is 11.3. The van der Waals surface area contributed by atoms with E-state index < -0.39 is 11.7 Å². The molecule has 2 aliphatic rings. The first-order valence-electron chi connectivity index (χ1n) is 8.44. The molecule has 3 rings (SSSR count). The maximum absolute atomic E-state index is 14.1. The fourth-order valence-corrected chi connectivity index (χ4v) is 3.22. The van der Waals surface area contributed by atoms with Crippen molar-refractivity contribution in [2.75, 3.05) is 18.1 Å². The molecule has 1 aliphatic heterocycles. The van der Waals surface area contributed by atoms with E-state index in [1.807, 2.05) is 32.9 Å². The third-order valence-corrected chi connectivity index (χ3v) is 4.24.